The third-order valence-electron chi connectivity index (χ3n) is 8.17. The maximum absolute atomic E-state index is 6.45. The Morgan fingerprint density at radius 3 is 2.21 bits per heavy atom. The second-order valence-corrected chi connectivity index (χ2v) is 10.6. The molecule has 2 heterocycles. The maximum atomic E-state index is 6.45. The van der Waals surface area contributed by atoms with E-state index in [2.05, 4.69) is 107 Å². The number of nitrogens with zero attached hydrogens (tertiary/aromatic N) is 1. The fourth-order valence-electron chi connectivity index (χ4n) is 5.78. The first-order chi connectivity index (χ1) is 16.3. The first kappa shape index (κ1) is 21.6. The molecule has 3 nitrogen and oxygen atoms in total. The van der Waals surface area contributed by atoms with E-state index in [1.54, 1.807) is 0 Å². The van der Waals surface area contributed by atoms with Crippen molar-refractivity contribution in [2.24, 2.45) is 0 Å². The van der Waals surface area contributed by atoms with Crippen molar-refractivity contribution in [1.82, 2.24) is 4.98 Å². The predicted octanol–water partition coefficient (Wildman–Crippen LogP) is 6.61. The molecule has 0 saturated carbocycles. The van der Waals surface area contributed by atoms with Crippen LogP contribution < -0.4 is 0 Å². The molecule has 2 aliphatic carbocycles. The number of pyridine rings is 1. The van der Waals surface area contributed by atoms with Crippen molar-refractivity contribution < 1.29 is 9.31 Å². The van der Waals surface area contributed by atoms with Crippen LogP contribution in [0.5, 0.6) is 0 Å². The summed E-state index contributed by atoms with van der Waals surface area (Å²) in [7, 11) is -0.260. The molecule has 2 atom stereocenters. The zero-order chi connectivity index (χ0) is 23.6. The first-order valence-electron chi connectivity index (χ1n) is 12.2. The molecule has 0 N–H and O–H groups in total. The molecular formula is C30H30BNO2. The van der Waals surface area contributed by atoms with E-state index in [0.717, 1.165) is 12.1 Å². The van der Waals surface area contributed by atoms with Gasteiger partial charge in [0.05, 0.1) is 22.3 Å². The van der Waals surface area contributed by atoms with Gasteiger partial charge in [0.1, 0.15) is 0 Å². The average molecular weight is 447 g/mol. The van der Waals surface area contributed by atoms with Gasteiger partial charge in [-0.25, -0.2) is 0 Å². The number of rotatable bonds is 3. The second-order valence-electron chi connectivity index (χ2n) is 10.6. The van der Waals surface area contributed by atoms with E-state index >= 15 is 0 Å². The highest BCUT2D eigenvalue weighted by atomic mass is 16.7. The van der Waals surface area contributed by atoms with Gasteiger partial charge in [0.25, 0.3) is 0 Å². The Bertz CT molecular complexity index is 1240. The van der Waals surface area contributed by atoms with Crippen molar-refractivity contribution >= 4 is 12.7 Å². The quantitative estimate of drug-likeness (QED) is 0.424. The molecule has 1 aromatic heterocycles. The molecule has 1 fully saturated rings. The van der Waals surface area contributed by atoms with Crippen LogP contribution in [-0.2, 0) is 14.7 Å². The van der Waals surface area contributed by atoms with Crippen molar-refractivity contribution in [3.8, 4) is 0 Å². The molecule has 0 spiro atoms. The van der Waals surface area contributed by atoms with Crippen LogP contribution in [0.3, 0.4) is 0 Å². The number of hydrogen-bond acceptors (Lipinski definition) is 3. The minimum Gasteiger partial charge on any atom is -0.403 e. The van der Waals surface area contributed by atoms with E-state index in [-0.39, 0.29) is 24.1 Å². The van der Waals surface area contributed by atoms with Crippen LogP contribution >= 0.6 is 0 Å². The van der Waals surface area contributed by atoms with Gasteiger partial charge in [-0.1, -0.05) is 72.8 Å². The molecule has 2 aromatic carbocycles. The summed E-state index contributed by atoms with van der Waals surface area (Å²) in [5.41, 5.74) is 6.32. The second kappa shape index (κ2) is 7.53. The molecule has 2 unspecified atom stereocenters. The lowest BCUT2D eigenvalue weighted by atomic mass is 9.63. The van der Waals surface area contributed by atoms with Gasteiger partial charge < -0.3 is 9.31 Å². The van der Waals surface area contributed by atoms with E-state index in [1.807, 2.05) is 12.3 Å². The average Bonchev–Trinajstić information content (AvgIpc) is 3.27. The standard InChI is InChI=1S/C30H30BNO2/c1-28(2)29(3,4)34-31(33-28)22-17-18-26-24(20-22)23-14-8-9-15-25(23)30(26,21-12-6-5-7-13-21)27-16-10-11-19-32-27/h5-16,18-20,22H,17H2,1-4H3. The van der Waals surface area contributed by atoms with Crippen molar-refractivity contribution in [2.75, 3.05) is 0 Å². The van der Waals surface area contributed by atoms with Crippen LogP contribution in [0, 0.1) is 0 Å². The molecule has 1 saturated heterocycles. The molecule has 0 amide bonds. The van der Waals surface area contributed by atoms with Crippen LogP contribution in [0.4, 0.5) is 0 Å². The fourth-order valence-corrected chi connectivity index (χ4v) is 5.78. The molecular weight excluding hydrogens is 417 g/mol. The first-order valence-corrected chi connectivity index (χ1v) is 12.2. The number of allylic oxidation sites excluding steroid dienone is 4. The van der Waals surface area contributed by atoms with E-state index in [1.165, 1.54) is 27.8 Å². The minimum absolute atomic E-state index is 0.156. The zero-order valence-corrected chi connectivity index (χ0v) is 20.3. The monoisotopic (exact) mass is 447 g/mol. The molecule has 34 heavy (non-hydrogen) atoms. The highest BCUT2D eigenvalue weighted by molar-refractivity contribution is 6.48. The third kappa shape index (κ3) is 2.95. The van der Waals surface area contributed by atoms with Gasteiger partial charge in [-0.05, 0) is 74.1 Å². The molecule has 4 heteroatoms. The highest BCUT2D eigenvalue weighted by Crippen LogP contribution is 2.59. The smallest absolute Gasteiger partial charge is 0.403 e. The van der Waals surface area contributed by atoms with Gasteiger partial charge in [-0.2, -0.15) is 0 Å². The van der Waals surface area contributed by atoms with Crippen LogP contribution in [0.25, 0.3) is 5.57 Å². The topological polar surface area (TPSA) is 31.4 Å². The summed E-state index contributed by atoms with van der Waals surface area (Å²) >= 11 is 0. The van der Waals surface area contributed by atoms with Gasteiger partial charge in [-0.15, -0.1) is 0 Å². The summed E-state index contributed by atoms with van der Waals surface area (Å²) in [6, 6.07) is 25.8. The Balaban J connectivity index is 1.54. The van der Waals surface area contributed by atoms with Crippen molar-refractivity contribution in [3.63, 3.8) is 0 Å². The molecule has 0 bridgehead atoms. The molecule has 170 valence electrons. The maximum Gasteiger partial charge on any atom is 0.465 e. The lowest BCUT2D eigenvalue weighted by molar-refractivity contribution is 0.00578. The van der Waals surface area contributed by atoms with Crippen LogP contribution in [0.15, 0.2) is 96.7 Å². The van der Waals surface area contributed by atoms with Crippen molar-refractivity contribution in [1.29, 1.82) is 0 Å². The van der Waals surface area contributed by atoms with Gasteiger partial charge >= 0.3 is 7.12 Å². The Labute approximate surface area is 202 Å². The summed E-state index contributed by atoms with van der Waals surface area (Å²) in [6.07, 6.45) is 7.57. The zero-order valence-electron chi connectivity index (χ0n) is 20.3. The Kier molecular flexibility index (Phi) is 4.78. The molecule has 6 rings (SSSR count). The molecule has 0 radical (unpaired) electrons. The van der Waals surface area contributed by atoms with E-state index in [4.69, 9.17) is 14.3 Å². The van der Waals surface area contributed by atoms with E-state index in [9.17, 15) is 0 Å². The van der Waals surface area contributed by atoms with Gasteiger partial charge in [0.15, 0.2) is 0 Å². The largest absolute Gasteiger partial charge is 0.465 e. The van der Waals surface area contributed by atoms with Crippen molar-refractivity contribution in [2.45, 2.75) is 56.6 Å². The molecule has 3 aromatic rings. The Hall–Kier alpha value is -2.95. The van der Waals surface area contributed by atoms with E-state index in [0.29, 0.717) is 0 Å². The van der Waals surface area contributed by atoms with Gasteiger partial charge in [-0.3, -0.25) is 4.98 Å². The number of hydrogen-bond donors (Lipinski definition) is 0. The minimum atomic E-state index is -0.439. The Morgan fingerprint density at radius 1 is 0.824 bits per heavy atom. The van der Waals surface area contributed by atoms with E-state index < -0.39 is 5.41 Å². The normalized spacial score (nSPS) is 26.5. The number of fused-ring (bicyclic) bond motifs is 3. The highest BCUT2D eigenvalue weighted by Gasteiger charge is 2.55. The number of benzene rings is 2. The lowest BCUT2D eigenvalue weighted by Gasteiger charge is -2.34. The fraction of sp³-hybridized carbons (Fsp3) is 0.300. The van der Waals surface area contributed by atoms with Gasteiger partial charge in [0, 0.05) is 12.0 Å². The van der Waals surface area contributed by atoms with Crippen LogP contribution in [0.2, 0.25) is 5.82 Å². The van der Waals surface area contributed by atoms with Gasteiger partial charge in [0.2, 0.25) is 0 Å². The van der Waals surface area contributed by atoms with Crippen molar-refractivity contribution in [3.05, 3.63) is 119 Å². The Morgan fingerprint density at radius 2 is 1.50 bits per heavy atom. The summed E-state index contributed by atoms with van der Waals surface area (Å²) in [6.45, 7) is 8.49. The van der Waals surface area contributed by atoms with Crippen LogP contribution in [0.1, 0.15) is 56.5 Å². The van der Waals surface area contributed by atoms with Crippen LogP contribution in [-0.4, -0.2) is 23.3 Å². The SMILES string of the molecule is CC1(C)OB(C2C=C3C(=CC2)C(c2ccccc2)(c2ccccn2)c2ccccc23)OC1(C)C. The predicted molar refractivity (Wildman–Crippen MR) is 138 cm³/mol. The molecule has 3 aliphatic rings. The summed E-state index contributed by atoms with van der Waals surface area (Å²) in [4.78, 5) is 4.92. The summed E-state index contributed by atoms with van der Waals surface area (Å²) < 4.78 is 12.9. The lowest BCUT2D eigenvalue weighted by Crippen LogP contribution is -2.41. The third-order valence-corrected chi connectivity index (χ3v) is 8.17. The molecule has 1 aliphatic heterocycles. The summed E-state index contributed by atoms with van der Waals surface area (Å²) in [5, 5.41) is 0. The summed E-state index contributed by atoms with van der Waals surface area (Å²) in [5.74, 6) is 0.156. The number of aromatic nitrogens is 1.